The zero-order chi connectivity index (χ0) is 18.6. The van der Waals surface area contributed by atoms with Gasteiger partial charge in [0.2, 0.25) is 5.91 Å². The number of piperidine rings is 2. The second-order valence-corrected chi connectivity index (χ2v) is 8.84. The highest BCUT2D eigenvalue weighted by Crippen LogP contribution is 2.27. The summed E-state index contributed by atoms with van der Waals surface area (Å²) in [7, 11) is 2.06. The predicted molar refractivity (Wildman–Crippen MR) is 106 cm³/mol. The molecule has 1 aromatic heterocycles. The Morgan fingerprint density at radius 3 is 2.48 bits per heavy atom. The third-order valence-electron chi connectivity index (χ3n) is 6.63. The van der Waals surface area contributed by atoms with Crippen LogP contribution in [0.3, 0.4) is 0 Å². The molecule has 6 heteroatoms. The minimum Gasteiger partial charge on any atom is -0.342 e. The van der Waals surface area contributed by atoms with E-state index >= 15 is 0 Å². The molecule has 4 rings (SSSR count). The molecular formula is C21H35N5O. The standard InChI is InChI=1S/C21H35N5O/c1-23-12-7-22-20(23)17-25-15-18(14-24-8-5-6-9-24)13-19(16-25)21(27)26-10-3-2-4-11-26/h7,12,18-19H,2-6,8-11,13-17H2,1H3/t18-,19-/m1/s1. The Morgan fingerprint density at radius 1 is 1.04 bits per heavy atom. The second-order valence-electron chi connectivity index (χ2n) is 8.84. The van der Waals surface area contributed by atoms with Crippen molar-refractivity contribution in [2.75, 3.05) is 45.8 Å². The minimum absolute atomic E-state index is 0.157. The van der Waals surface area contributed by atoms with Gasteiger partial charge >= 0.3 is 0 Å². The van der Waals surface area contributed by atoms with Gasteiger partial charge in [0.1, 0.15) is 5.82 Å². The number of hydrogen-bond acceptors (Lipinski definition) is 4. The van der Waals surface area contributed by atoms with E-state index in [1.54, 1.807) is 0 Å². The summed E-state index contributed by atoms with van der Waals surface area (Å²) in [4.78, 5) is 25.0. The predicted octanol–water partition coefficient (Wildman–Crippen LogP) is 1.97. The maximum Gasteiger partial charge on any atom is 0.226 e. The maximum absolute atomic E-state index is 13.2. The van der Waals surface area contributed by atoms with Crippen LogP contribution in [-0.4, -0.2) is 76.0 Å². The van der Waals surface area contributed by atoms with E-state index < -0.39 is 0 Å². The van der Waals surface area contributed by atoms with Crippen molar-refractivity contribution in [3.63, 3.8) is 0 Å². The van der Waals surface area contributed by atoms with E-state index in [1.165, 1.54) is 45.2 Å². The molecule has 0 aromatic carbocycles. The van der Waals surface area contributed by atoms with Crippen molar-refractivity contribution in [2.45, 2.75) is 45.1 Å². The van der Waals surface area contributed by atoms with Crippen molar-refractivity contribution in [1.82, 2.24) is 24.3 Å². The van der Waals surface area contributed by atoms with Crippen LogP contribution in [0.25, 0.3) is 0 Å². The third kappa shape index (κ3) is 4.72. The first-order chi connectivity index (χ1) is 13.2. The lowest BCUT2D eigenvalue weighted by molar-refractivity contribution is -0.139. The topological polar surface area (TPSA) is 44.6 Å². The summed E-state index contributed by atoms with van der Waals surface area (Å²) in [6.07, 6.45) is 11.2. The SMILES string of the molecule is Cn1ccnc1CN1C[C@@H](CN2CCCC2)C[C@@H](C(=O)N2CCCCC2)C1. The molecule has 0 spiro atoms. The van der Waals surface area contributed by atoms with Crippen LogP contribution in [0.4, 0.5) is 0 Å². The van der Waals surface area contributed by atoms with Crippen molar-refractivity contribution < 1.29 is 4.79 Å². The van der Waals surface area contributed by atoms with Gasteiger partial charge in [-0.1, -0.05) is 0 Å². The summed E-state index contributed by atoms with van der Waals surface area (Å²) < 4.78 is 2.10. The molecule has 0 radical (unpaired) electrons. The Hall–Kier alpha value is -1.40. The smallest absolute Gasteiger partial charge is 0.226 e. The number of rotatable bonds is 5. The van der Waals surface area contributed by atoms with E-state index in [2.05, 4.69) is 31.3 Å². The summed E-state index contributed by atoms with van der Waals surface area (Å²) in [5, 5.41) is 0. The fourth-order valence-electron chi connectivity index (χ4n) is 5.19. The highest BCUT2D eigenvalue weighted by atomic mass is 16.2. The lowest BCUT2D eigenvalue weighted by Gasteiger charge is -2.40. The van der Waals surface area contributed by atoms with Crippen LogP contribution in [0, 0.1) is 11.8 Å². The Kier molecular flexibility index (Phi) is 6.13. The molecule has 3 aliphatic rings. The van der Waals surface area contributed by atoms with E-state index in [0.29, 0.717) is 11.8 Å². The van der Waals surface area contributed by atoms with Gasteiger partial charge in [-0.05, 0) is 57.5 Å². The molecule has 2 atom stereocenters. The van der Waals surface area contributed by atoms with E-state index in [4.69, 9.17) is 0 Å². The van der Waals surface area contributed by atoms with Crippen molar-refractivity contribution >= 4 is 5.91 Å². The highest BCUT2D eigenvalue weighted by Gasteiger charge is 2.35. The Morgan fingerprint density at radius 2 is 1.78 bits per heavy atom. The number of aromatic nitrogens is 2. The fraction of sp³-hybridized carbons (Fsp3) is 0.810. The number of likely N-dealkylation sites (tertiary alicyclic amines) is 3. The lowest BCUT2D eigenvalue weighted by atomic mass is 9.87. The van der Waals surface area contributed by atoms with Gasteiger partial charge < -0.3 is 14.4 Å². The number of hydrogen-bond donors (Lipinski definition) is 0. The zero-order valence-corrected chi connectivity index (χ0v) is 16.9. The summed E-state index contributed by atoms with van der Waals surface area (Å²) in [5.74, 6) is 2.26. The molecule has 3 aliphatic heterocycles. The van der Waals surface area contributed by atoms with Gasteiger partial charge in [-0.25, -0.2) is 4.98 Å². The largest absolute Gasteiger partial charge is 0.342 e. The molecule has 6 nitrogen and oxygen atoms in total. The van der Waals surface area contributed by atoms with Gasteiger partial charge in [-0.3, -0.25) is 9.69 Å². The number of imidazole rings is 1. The second kappa shape index (κ2) is 8.74. The molecule has 150 valence electrons. The third-order valence-corrected chi connectivity index (χ3v) is 6.63. The maximum atomic E-state index is 13.2. The molecular weight excluding hydrogens is 338 g/mol. The summed E-state index contributed by atoms with van der Waals surface area (Å²) >= 11 is 0. The van der Waals surface area contributed by atoms with Crippen molar-refractivity contribution in [2.24, 2.45) is 18.9 Å². The molecule has 1 aromatic rings. The van der Waals surface area contributed by atoms with Gasteiger partial charge in [-0.2, -0.15) is 0 Å². The molecule has 27 heavy (non-hydrogen) atoms. The Bertz CT molecular complexity index is 618. The normalized spacial score (nSPS) is 28.0. The number of aryl methyl sites for hydroxylation is 1. The van der Waals surface area contributed by atoms with Crippen LogP contribution in [0.15, 0.2) is 12.4 Å². The first-order valence-corrected chi connectivity index (χ1v) is 10.9. The Balaban J connectivity index is 1.43. The number of carbonyl (C=O) groups excluding carboxylic acids is 1. The molecule has 0 bridgehead atoms. The van der Waals surface area contributed by atoms with E-state index in [-0.39, 0.29) is 5.92 Å². The average Bonchev–Trinajstić information content (AvgIpc) is 3.34. The van der Waals surface area contributed by atoms with E-state index in [0.717, 1.165) is 51.5 Å². The average molecular weight is 374 g/mol. The van der Waals surface area contributed by atoms with Crippen molar-refractivity contribution in [1.29, 1.82) is 0 Å². The molecule has 4 heterocycles. The highest BCUT2D eigenvalue weighted by molar-refractivity contribution is 5.79. The van der Waals surface area contributed by atoms with Crippen molar-refractivity contribution in [3.8, 4) is 0 Å². The lowest BCUT2D eigenvalue weighted by Crippen LogP contribution is -2.50. The van der Waals surface area contributed by atoms with Crippen molar-refractivity contribution in [3.05, 3.63) is 18.2 Å². The number of amides is 1. The molecule has 0 aliphatic carbocycles. The summed E-state index contributed by atoms with van der Waals surface area (Å²) in [6, 6.07) is 0. The molecule has 1 amide bonds. The van der Waals surface area contributed by atoms with Crippen LogP contribution < -0.4 is 0 Å². The van der Waals surface area contributed by atoms with Crippen LogP contribution >= 0.6 is 0 Å². The van der Waals surface area contributed by atoms with E-state index in [9.17, 15) is 4.79 Å². The quantitative estimate of drug-likeness (QED) is 0.792. The first-order valence-electron chi connectivity index (χ1n) is 10.9. The fourth-order valence-corrected chi connectivity index (χ4v) is 5.19. The van der Waals surface area contributed by atoms with Crippen LogP contribution in [0.1, 0.15) is 44.3 Å². The number of carbonyl (C=O) groups is 1. The first kappa shape index (κ1) is 18.9. The summed E-state index contributed by atoms with van der Waals surface area (Å²) in [5.41, 5.74) is 0. The molecule has 0 unspecified atom stereocenters. The monoisotopic (exact) mass is 373 g/mol. The van der Waals surface area contributed by atoms with E-state index in [1.807, 2.05) is 12.4 Å². The van der Waals surface area contributed by atoms with Crippen LogP contribution in [0.5, 0.6) is 0 Å². The summed E-state index contributed by atoms with van der Waals surface area (Å²) in [6.45, 7) is 8.38. The zero-order valence-electron chi connectivity index (χ0n) is 16.9. The molecule has 0 N–H and O–H groups in total. The van der Waals surface area contributed by atoms with Gasteiger partial charge in [0.25, 0.3) is 0 Å². The van der Waals surface area contributed by atoms with Crippen LogP contribution in [-0.2, 0) is 18.4 Å². The van der Waals surface area contributed by atoms with Gasteiger partial charge in [-0.15, -0.1) is 0 Å². The molecule has 3 saturated heterocycles. The van der Waals surface area contributed by atoms with Gasteiger partial charge in [0, 0.05) is 52.2 Å². The molecule has 3 fully saturated rings. The van der Waals surface area contributed by atoms with Gasteiger partial charge in [0.05, 0.1) is 12.5 Å². The minimum atomic E-state index is 0.157. The Labute approximate surface area is 163 Å². The molecule has 0 saturated carbocycles. The van der Waals surface area contributed by atoms with Crippen LogP contribution in [0.2, 0.25) is 0 Å². The number of nitrogens with zero attached hydrogens (tertiary/aromatic N) is 5. The van der Waals surface area contributed by atoms with Gasteiger partial charge in [0.15, 0.2) is 0 Å².